The zero-order chi connectivity index (χ0) is 22.4. The number of ketones is 1. The number of hydrogen-bond donors (Lipinski definition) is 1. The molecule has 1 atom stereocenters. The largest absolute Gasteiger partial charge is 0.507 e. The van der Waals surface area contributed by atoms with E-state index in [2.05, 4.69) is 0 Å². The van der Waals surface area contributed by atoms with Crippen LogP contribution in [0, 0.1) is 13.8 Å². The minimum atomic E-state index is -0.832. The summed E-state index contributed by atoms with van der Waals surface area (Å²) in [6, 6.07) is 16.0. The van der Waals surface area contributed by atoms with Gasteiger partial charge in [-0.05, 0) is 86.6 Å². The van der Waals surface area contributed by atoms with Gasteiger partial charge in [0.05, 0.1) is 5.57 Å². The summed E-state index contributed by atoms with van der Waals surface area (Å²) in [6.07, 6.45) is 4.26. The van der Waals surface area contributed by atoms with Gasteiger partial charge >= 0.3 is 0 Å². The molecule has 0 radical (unpaired) electrons. The number of nitrogens with zero attached hydrogens (tertiary/aromatic N) is 1. The van der Waals surface area contributed by atoms with Crippen LogP contribution >= 0.6 is 0 Å². The number of aliphatic hydroxyl groups is 1. The first-order valence-electron chi connectivity index (χ1n) is 11.0. The topological polar surface area (TPSA) is 70.8 Å². The summed E-state index contributed by atoms with van der Waals surface area (Å²) in [5, 5.41) is 11.3. The molecule has 1 N–H and O–H groups in total. The van der Waals surface area contributed by atoms with Crippen LogP contribution < -0.4 is 4.90 Å². The fourth-order valence-electron chi connectivity index (χ4n) is 4.78. The van der Waals surface area contributed by atoms with Gasteiger partial charge in [-0.3, -0.25) is 14.5 Å². The van der Waals surface area contributed by atoms with E-state index in [-0.39, 0.29) is 11.3 Å². The molecule has 5 nitrogen and oxygen atoms in total. The lowest BCUT2D eigenvalue weighted by atomic mass is 9.89. The van der Waals surface area contributed by atoms with Crippen molar-refractivity contribution in [2.45, 2.75) is 45.6 Å². The van der Waals surface area contributed by atoms with Crippen molar-refractivity contribution >= 4 is 23.1 Å². The summed E-state index contributed by atoms with van der Waals surface area (Å²) < 4.78 is 5.86. The molecule has 5 heteroatoms. The van der Waals surface area contributed by atoms with Crippen LogP contribution in [-0.4, -0.2) is 16.8 Å². The van der Waals surface area contributed by atoms with Gasteiger partial charge in [-0.2, -0.15) is 0 Å². The lowest BCUT2D eigenvalue weighted by Crippen LogP contribution is -2.29. The molecule has 1 unspecified atom stereocenters. The molecule has 1 fully saturated rings. The molecule has 1 aliphatic heterocycles. The van der Waals surface area contributed by atoms with Gasteiger partial charge in [0.15, 0.2) is 0 Å². The maximum absolute atomic E-state index is 13.2. The Balaban J connectivity index is 1.69. The Morgan fingerprint density at radius 2 is 1.75 bits per heavy atom. The van der Waals surface area contributed by atoms with E-state index >= 15 is 0 Å². The number of furan rings is 1. The van der Waals surface area contributed by atoms with Gasteiger partial charge in [0, 0.05) is 11.3 Å². The molecule has 1 saturated heterocycles. The molecule has 3 aromatic rings. The standard InChI is InChI=1S/C27H25NO4/c1-16-6-5-9-21(14-16)28-24(22-13-10-17(2)32-22)23(26(30)27(28)31)25(29)20-12-11-18-7-3-4-8-19(18)15-20/h5-6,9-15,24,29H,3-4,7-8H2,1-2H3/b25-23-. The van der Waals surface area contributed by atoms with Gasteiger partial charge in [-0.15, -0.1) is 0 Å². The van der Waals surface area contributed by atoms with Crippen LogP contribution in [-0.2, 0) is 22.4 Å². The second kappa shape index (κ2) is 7.83. The zero-order valence-electron chi connectivity index (χ0n) is 18.2. The Bertz CT molecular complexity index is 1270. The third kappa shape index (κ3) is 3.34. The van der Waals surface area contributed by atoms with E-state index in [1.54, 1.807) is 18.2 Å². The number of amides is 1. The highest BCUT2D eigenvalue weighted by Gasteiger charge is 2.48. The maximum Gasteiger partial charge on any atom is 0.300 e. The molecule has 1 amide bonds. The smallest absolute Gasteiger partial charge is 0.300 e. The van der Waals surface area contributed by atoms with Gasteiger partial charge < -0.3 is 9.52 Å². The summed E-state index contributed by atoms with van der Waals surface area (Å²) in [5.41, 5.74) is 4.65. The number of rotatable bonds is 3. The molecule has 1 aromatic heterocycles. The summed E-state index contributed by atoms with van der Waals surface area (Å²) in [4.78, 5) is 27.8. The fourth-order valence-corrected chi connectivity index (χ4v) is 4.78. The van der Waals surface area contributed by atoms with Crippen molar-refractivity contribution in [1.29, 1.82) is 0 Å². The summed E-state index contributed by atoms with van der Waals surface area (Å²) >= 11 is 0. The highest BCUT2D eigenvalue weighted by Crippen LogP contribution is 2.43. The Labute approximate surface area is 187 Å². The monoisotopic (exact) mass is 427 g/mol. The number of carbonyl (C=O) groups excluding carboxylic acids is 2. The van der Waals surface area contributed by atoms with Crippen LogP contribution in [0.25, 0.3) is 5.76 Å². The Hall–Kier alpha value is -3.60. The first-order valence-corrected chi connectivity index (χ1v) is 11.0. The van der Waals surface area contributed by atoms with E-state index in [0.29, 0.717) is 22.8 Å². The Morgan fingerprint density at radius 3 is 2.47 bits per heavy atom. The van der Waals surface area contributed by atoms with E-state index in [9.17, 15) is 14.7 Å². The van der Waals surface area contributed by atoms with Crippen LogP contribution in [0.1, 0.15) is 52.7 Å². The number of anilines is 1. The van der Waals surface area contributed by atoms with Crippen molar-refractivity contribution in [3.8, 4) is 0 Å². The van der Waals surface area contributed by atoms with Crippen molar-refractivity contribution in [2.24, 2.45) is 0 Å². The second-order valence-electron chi connectivity index (χ2n) is 8.65. The summed E-state index contributed by atoms with van der Waals surface area (Å²) in [7, 11) is 0. The number of benzene rings is 2. The Kier molecular flexibility index (Phi) is 4.97. The molecule has 2 aromatic carbocycles. The minimum Gasteiger partial charge on any atom is -0.507 e. The number of aliphatic hydroxyl groups excluding tert-OH is 1. The lowest BCUT2D eigenvalue weighted by molar-refractivity contribution is -0.132. The van der Waals surface area contributed by atoms with Crippen LogP contribution in [0.4, 0.5) is 5.69 Å². The molecule has 32 heavy (non-hydrogen) atoms. The quantitative estimate of drug-likeness (QED) is 0.345. The number of Topliss-reactive ketones (excluding diaryl/α,β-unsaturated/α-hetero) is 1. The molecule has 162 valence electrons. The fraction of sp³-hybridized carbons (Fsp3) is 0.259. The third-order valence-electron chi connectivity index (χ3n) is 6.38. The first kappa shape index (κ1) is 20.3. The van der Waals surface area contributed by atoms with Crippen LogP contribution in [0.15, 0.2) is 64.6 Å². The second-order valence-corrected chi connectivity index (χ2v) is 8.65. The molecule has 2 aliphatic rings. The highest BCUT2D eigenvalue weighted by molar-refractivity contribution is 6.51. The number of fused-ring (bicyclic) bond motifs is 1. The molecule has 0 bridgehead atoms. The zero-order valence-corrected chi connectivity index (χ0v) is 18.2. The molecular formula is C27H25NO4. The van der Waals surface area contributed by atoms with E-state index in [0.717, 1.165) is 31.2 Å². The van der Waals surface area contributed by atoms with Gasteiger partial charge in [0.2, 0.25) is 0 Å². The lowest BCUT2D eigenvalue weighted by Gasteiger charge is -2.24. The van der Waals surface area contributed by atoms with Crippen molar-refractivity contribution in [3.05, 3.63) is 93.9 Å². The van der Waals surface area contributed by atoms with Crippen LogP contribution in [0.2, 0.25) is 0 Å². The molecule has 1 aliphatic carbocycles. The van der Waals surface area contributed by atoms with Gasteiger partial charge in [0.1, 0.15) is 23.3 Å². The maximum atomic E-state index is 13.2. The first-order chi connectivity index (χ1) is 15.4. The number of hydrogen-bond acceptors (Lipinski definition) is 4. The molecular weight excluding hydrogens is 402 g/mol. The average molecular weight is 428 g/mol. The van der Waals surface area contributed by atoms with Crippen LogP contribution in [0.3, 0.4) is 0 Å². The van der Waals surface area contributed by atoms with Gasteiger partial charge in [-0.25, -0.2) is 0 Å². The van der Waals surface area contributed by atoms with Crippen LogP contribution in [0.5, 0.6) is 0 Å². The van der Waals surface area contributed by atoms with E-state index in [4.69, 9.17) is 4.42 Å². The minimum absolute atomic E-state index is 0.0571. The predicted molar refractivity (Wildman–Crippen MR) is 122 cm³/mol. The van der Waals surface area contributed by atoms with Crippen molar-refractivity contribution in [3.63, 3.8) is 0 Å². The summed E-state index contributed by atoms with van der Waals surface area (Å²) in [6.45, 7) is 3.74. The van der Waals surface area contributed by atoms with Crippen molar-refractivity contribution in [1.82, 2.24) is 0 Å². The normalized spacial score (nSPS) is 19.9. The molecule has 0 saturated carbocycles. The predicted octanol–water partition coefficient (Wildman–Crippen LogP) is 5.40. The summed E-state index contributed by atoms with van der Waals surface area (Å²) in [5.74, 6) is -0.424. The van der Waals surface area contributed by atoms with E-state index < -0.39 is 17.7 Å². The van der Waals surface area contributed by atoms with Gasteiger partial charge in [0.25, 0.3) is 11.7 Å². The Morgan fingerprint density at radius 1 is 0.969 bits per heavy atom. The number of aryl methyl sites for hydroxylation is 4. The van der Waals surface area contributed by atoms with Crippen molar-refractivity contribution < 1.29 is 19.1 Å². The SMILES string of the molecule is Cc1cccc(N2C(=O)C(=O)/C(=C(\O)c3ccc4c(c3)CCCC4)C2c2ccc(C)o2)c1. The third-order valence-corrected chi connectivity index (χ3v) is 6.38. The average Bonchev–Trinajstić information content (AvgIpc) is 3.33. The molecule has 0 spiro atoms. The van der Waals surface area contributed by atoms with Crippen molar-refractivity contribution in [2.75, 3.05) is 4.90 Å². The van der Waals surface area contributed by atoms with Gasteiger partial charge in [-0.1, -0.05) is 24.3 Å². The van der Waals surface area contributed by atoms with E-state index in [1.165, 1.54) is 16.0 Å². The van der Waals surface area contributed by atoms with E-state index in [1.807, 2.05) is 50.2 Å². The molecule has 2 heterocycles. The number of carbonyl (C=O) groups is 2. The molecule has 5 rings (SSSR count). The highest BCUT2D eigenvalue weighted by atomic mass is 16.3.